The van der Waals surface area contributed by atoms with E-state index in [1.165, 1.54) is 25.3 Å². The number of nitrogens with one attached hydrogen (secondary N) is 1. The lowest BCUT2D eigenvalue weighted by Gasteiger charge is -2.08. The smallest absolute Gasteiger partial charge is 0.259 e. The predicted molar refractivity (Wildman–Crippen MR) is 54.9 cm³/mol. The molecule has 0 unspecified atom stereocenters. The minimum absolute atomic E-state index is 0.0777. The largest absolute Gasteiger partial charge is 0.496 e. The van der Waals surface area contributed by atoms with E-state index in [1.807, 2.05) is 5.43 Å². The fraction of sp³-hybridized carbons (Fsp3) is 0.300. The highest BCUT2D eigenvalue weighted by atomic mass is 19.1. The highest BCUT2D eigenvalue weighted by Gasteiger charge is 2.06. The van der Waals surface area contributed by atoms with Crippen molar-refractivity contribution in [1.29, 1.82) is 0 Å². The number of hydrogen-bond acceptors (Lipinski definition) is 4. The Labute approximate surface area is 92.3 Å². The van der Waals surface area contributed by atoms with Crippen LogP contribution in [0.5, 0.6) is 5.75 Å². The van der Waals surface area contributed by atoms with Crippen LogP contribution in [0.3, 0.4) is 0 Å². The van der Waals surface area contributed by atoms with E-state index in [-0.39, 0.29) is 19.0 Å². The first kappa shape index (κ1) is 12.4. The predicted octanol–water partition coefficient (Wildman–Crippen LogP) is 0.341. The SMILES string of the molecule is COc1ccc(F)cc1COCC(=O)NN. The Balaban J connectivity index is 2.58. The number of hydrogen-bond donors (Lipinski definition) is 2. The molecule has 0 aromatic heterocycles. The van der Waals surface area contributed by atoms with Gasteiger partial charge in [0.25, 0.3) is 5.91 Å². The lowest BCUT2D eigenvalue weighted by atomic mass is 10.2. The lowest BCUT2D eigenvalue weighted by Crippen LogP contribution is -2.33. The van der Waals surface area contributed by atoms with E-state index in [0.29, 0.717) is 11.3 Å². The molecule has 0 heterocycles. The fourth-order valence-corrected chi connectivity index (χ4v) is 1.16. The number of halogens is 1. The van der Waals surface area contributed by atoms with Gasteiger partial charge in [0, 0.05) is 5.56 Å². The number of benzene rings is 1. The monoisotopic (exact) mass is 228 g/mol. The summed E-state index contributed by atoms with van der Waals surface area (Å²) in [5, 5.41) is 0. The summed E-state index contributed by atoms with van der Waals surface area (Å²) in [5.74, 6) is 4.54. The maximum absolute atomic E-state index is 12.9. The van der Waals surface area contributed by atoms with Crippen LogP contribution in [0.25, 0.3) is 0 Å². The van der Waals surface area contributed by atoms with Gasteiger partial charge >= 0.3 is 0 Å². The van der Waals surface area contributed by atoms with Crippen molar-refractivity contribution in [3.8, 4) is 5.75 Å². The maximum Gasteiger partial charge on any atom is 0.259 e. The molecule has 0 spiro atoms. The number of hydrazine groups is 1. The molecule has 0 saturated carbocycles. The Morgan fingerprint density at radius 2 is 2.31 bits per heavy atom. The van der Waals surface area contributed by atoms with Crippen LogP contribution in [0.2, 0.25) is 0 Å². The first-order chi connectivity index (χ1) is 7.67. The Kier molecular flexibility index (Phi) is 4.68. The van der Waals surface area contributed by atoms with Gasteiger partial charge in [-0.05, 0) is 18.2 Å². The van der Waals surface area contributed by atoms with Crippen molar-refractivity contribution >= 4 is 5.91 Å². The van der Waals surface area contributed by atoms with Crippen LogP contribution in [0, 0.1) is 5.82 Å². The number of carbonyl (C=O) groups is 1. The van der Waals surface area contributed by atoms with Crippen LogP contribution in [0.1, 0.15) is 5.56 Å². The third-order valence-electron chi connectivity index (χ3n) is 1.89. The molecule has 1 aromatic carbocycles. The van der Waals surface area contributed by atoms with Gasteiger partial charge in [-0.1, -0.05) is 0 Å². The summed E-state index contributed by atoms with van der Waals surface area (Å²) in [6, 6.07) is 4.07. The van der Waals surface area contributed by atoms with Crippen LogP contribution >= 0.6 is 0 Å². The number of ether oxygens (including phenoxy) is 2. The van der Waals surface area contributed by atoms with E-state index in [4.69, 9.17) is 15.3 Å². The number of nitrogens with two attached hydrogens (primary N) is 1. The van der Waals surface area contributed by atoms with Gasteiger partial charge in [0.15, 0.2) is 0 Å². The molecular weight excluding hydrogens is 215 g/mol. The van der Waals surface area contributed by atoms with E-state index in [9.17, 15) is 9.18 Å². The molecule has 1 amide bonds. The van der Waals surface area contributed by atoms with Gasteiger partial charge in [-0.25, -0.2) is 10.2 Å². The van der Waals surface area contributed by atoms with Crippen molar-refractivity contribution in [2.45, 2.75) is 6.61 Å². The minimum atomic E-state index is -0.449. The summed E-state index contributed by atoms with van der Waals surface area (Å²) in [4.78, 5) is 10.8. The summed E-state index contributed by atoms with van der Waals surface area (Å²) >= 11 is 0. The number of rotatable bonds is 5. The molecule has 0 fully saturated rings. The minimum Gasteiger partial charge on any atom is -0.496 e. The maximum atomic E-state index is 12.9. The zero-order valence-corrected chi connectivity index (χ0v) is 8.83. The van der Waals surface area contributed by atoms with E-state index >= 15 is 0 Å². The Hall–Kier alpha value is -1.66. The molecule has 1 rings (SSSR count). The lowest BCUT2D eigenvalue weighted by molar-refractivity contribution is -0.126. The van der Waals surface area contributed by atoms with Crippen molar-refractivity contribution in [2.24, 2.45) is 5.84 Å². The van der Waals surface area contributed by atoms with E-state index in [2.05, 4.69) is 0 Å². The third kappa shape index (κ3) is 3.48. The highest BCUT2D eigenvalue weighted by Crippen LogP contribution is 2.19. The average molecular weight is 228 g/mol. The van der Waals surface area contributed by atoms with Gasteiger partial charge in [0.2, 0.25) is 0 Å². The second kappa shape index (κ2) is 6.04. The summed E-state index contributed by atoms with van der Waals surface area (Å²) < 4.78 is 23.0. The number of amides is 1. The molecular formula is C10H13FN2O3. The zero-order chi connectivity index (χ0) is 12.0. The fourth-order valence-electron chi connectivity index (χ4n) is 1.16. The van der Waals surface area contributed by atoms with Gasteiger partial charge in [0.1, 0.15) is 18.2 Å². The topological polar surface area (TPSA) is 73.6 Å². The Bertz CT molecular complexity index is 371. The van der Waals surface area contributed by atoms with E-state index < -0.39 is 5.91 Å². The molecule has 1 aromatic rings. The van der Waals surface area contributed by atoms with E-state index in [0.717, 1.165) is 0 Å². The molecule has 3 N–H and O–H groups in total. The molecule has 0 bridgehead atoms. The summed E-state index contributed by atoms with van der Waals surface area (Å²) in [6.07, 6.45) is 0. The molecule has 0 aliphatic carbocycles. The third-order valence-corrected chi connectivity index (χ3v) is 1.89. The van der Waals surface area contributed by atoms with Crippen molar-refractivity contribution in [3.63, 3.8) is 0 Å². The summed E-state index contributed by atoms with van der Waals surface area (Å²) in [7, 11) is 1.48. The molecule has 88 valence electrons. The zero-order valence-electron chi connectivity index (χ0n) is 8.83. The van der Waals surface area contributed by atoms with E-state index in [1.54, 1.807) is 0 Å². The van der Waals surface area contributed by atoms with Crippen molar-refractivity contribution in [2.75, 3.05) is 13.7 Å². The van der Waals surface area contributed by atoms with Crippen molar-refractivity contribution < 1.29 is 18.7 Å². The van der Waals surface area contributed by atoms with Gasteiger partial charge in [-0.3, -0.25) is 10.2 Å². The normalized spacial score (nSPS) is 9.94. The average Bonchev–Trinajstić information content (AvgIpc) is 2.29. The molecule has 0 radical (unpaired) electrons. The van der Waals surface area contributed by atoms with Gasteiger partial charge in [-0.15, -0.1) is 0 Å². The Morgan fingerprint density at radius 1 is 1.56 bits per heavy atom. The van der Waals surface area contributed by atoms with Crippen molar-refractivity contribution in [3.05, 3.63) is 29.6 Å². The molecule has 16 heavy (non-hydrogen) atoms. The second-order valence-electron chi connectivity index (χ2n) is 3.02. The van der Waals surface area contributed by atoms with Gasteiger partial charge in [-0.2, -0.15) is 0 Å². The Morgan fingerprint density at radius 3 is 2.94 bits per heavy atom. The summed E-state index contributed by atoms with van der Waals surface area (Å²) in [6.45, 7) is -0.107. The standard InChI is InChI=1S/C10H13FN2O3/c1-15-9-3-2-8(11)4-7(9)5-16-6-10(14)13-12/h2-4H,5-6,12H2,1H3,(H,13,14). The van der Waals surface area contributed by atoms with Crippen LogP contribution < -0.4 is 16.0 Å². The molecule has 0 saturated heterocycles. The number of carbonyl (C=O) groups excluding carboxylic acids is 1. The molecule has 0 atom stereocenters. The van der Waals surface area contributed by atoms with Gasteiger partial charge in [0.05, 0.1) is 13.7 Å². The molecule has 0 aliphatic heterocycles. The van der Waals surface area contributed by atoms with Crippen molar-refractivity contribution in [1.82, 2.24) is 5.43 Å². The van der Waals surface area contributed by atoms with Crippen LogP contribution in [0.4, 0.5) is 4.39 Å². The first-order valence-corrected chi connectivity index (χ1v) is 4.57. The van der Waals surface area contributed by atoms with Crippen LogP contribution in [0.15, 0.2) is 18.2 Å². The number of methoxy groups -OCH3 is 1. The van der Waals surface area contributed by atoms with Crippen LogP contribution in [-0.4, -0.2) is 19.6 Å². The molecule has 5 nitrogen and oxygen atoms in total. The van der Waals surface area contributed by atoms with Crippen LogP contribution in [-0.2, 0) is 16.1 Å². The second-order valence-corrected chi connectivity index (χ2v) is 3.02. The molecule has 0 aliphatic rings. The molecule has 6 heteroatoms. The first-order valence-electron chi connectivity index (χ1n) is 4.57. The summed E-state index contributed by atoms with van der Waals surface area (Å²) in [5.41, 5.74) is 2.46. The van der Waals surface area contributed by atoms with Gasteiger partial charge < -0.3 is 9.47 Å². The quantitative estimate of drug-likeness (QED) is 0.433. The highest BCUT2D eigenvalue weighted by molar-refractivity contribution is 5.76.